The average molecular weight is 216 g/mol. The van der Waals surface area contributed by atoms with E-state index in [9.17, 15) is 0 Å². The van der Waals surface area contributed by atoms with Gasteiger partial charge in [-0.25, -0.2) is 0 Å². The Bertz CT molecular complexity index is 166. The van der Waals surface area contributed by atoms with E-state index in [1.54, 1.807) is 0 Å². The standard InChI is InChI=1S/C12H22ClN/c13-8-11-6-3-7-12(11)14-9-10-4-1-2-5-10/h10-12,14H,1-9H2. The van der Waals surface area contributed by atoms with Crippen molar-refractivity contribution in [3.8, 4) is 0 Å². The van der Waals surface area contributed by atoms with E-state index in [4.69, 9.17) is 11.6 Å². The SMILES string of the molecule is ClCC1CCCC1NCC1CCCC1. The summed E-state index contributed by atoms with van der Waals surface area (Å²) in [7, 11) is 0. The average Bonchev–Trinajstić information content (AvgIpc) is 2.85. The second-order valence-corrected chi connectivity index (χ2v) is 5.32. The number of hydrogen-bond acceptors (Lipinski definition) is 1. The molecule has 2 saturated carbocycles. The predicted octanol–water partition coefficient (Wildman–Crippen LogP) is 3.17. The number of hydrogen-bond donors (Lipinski definition) is 1. The zero-order valence-electron chi connectivity index (χ0n) is 8.97. The highest BCUT2D eigenvalue weighted by Crippen LogP contribution is 2.28. The summed E-state index contributed by atoms with van der Waals surface area (Å²) in [6, 6.07) is 0.730. The van der Waals surface area contributed by atoms with Crippen LogP contribution in [0.4, 0.5) is 0 Å². The van der Waals surface area contributed by atoms with Crippen LogP contribution in [-0.2, 0) is 0 Å². The van der Waals surface area contributed by atoms with Gasteiger partial charge in [-0.15, -0.1) is 11.6 Å². The van der Waals surface area contributed by atoms with Gasteiger partial charge in [-0.3, -0.25) is 0 Å². The first-order chi connectivity index (χ1) is 6.90. The molecule has 0 aromatic rings. The molecule has 2 unspecified atom stereocenters. The first kappa shape index (κ1) is 10.8. The van der Waals surface area contributed by atoms with Crippen molar-refractivity contribution in [2.75, 3.05) is 12.4 Å². The van der Waals surface area contributed by atoms with Crippen LogP contribution in [0.15, 0.2) is 0 Å². The maximum Gasteiger partial charge on any atom is 0.0266 e. The van der Waals surface area contributed by atoms with Gasteiger partial charge in [-0.2, -0.15) is 0 Å². The molecule has 1 N–H and O–H groups in total. The van der Waals surface area contributed by atoms with Crippen molar-refractivity contribution in [3.63, 3.8) is 0 Å². The quantitative estimate of drug-likeness (QED) is 0.711. The molecule has 0 radical (unpaired) electrons. The molecule has 14 heavy (non-hydrogen) atoms. The van der Waals surface area contributed by atoms with Crippen molar-refractivity contribution in [3.05, 3.63) is 0 Å². The van der Waals surface area contributed by atoms with E-state index in [1.165, 1.54) is 51.5 Å². The lowest BCUT2D eigenvalue weighted by molar-refractivity contribution is 0.385. The highest BCUT2D eigenvalue weighted by molar-refractivity contribution is 6.18. The van der Waals surface area contributed by atoms with E-state index < -0.39 is 0 Å². The van der Waals surface area contributed by atoms with Crippen LogP contribution in [0, 0.1) is 11.8 Å². The van der Waals surface area contributed by atoms with E-state index in [2.05, 4.69) is 5.32 Å². The molecule has 0 saturated heterocycles. The van der Waals surface area contributed by atoms with Crippen LogP contribution in [0.3, 0.4) is 0 Å². The van der Waals surface area contributed by atoms with Gasteiger partial charge in [0.2, 0.25) is 0 Å². The molecule has 0 amide bonds. The van der Waals surface area contributed by atoms with Gasteiger partial charge >= 0.3 is 0 Å². The Balaban J connectivity index is 1.68. The molecule has 2 fully saturated rings. The molecule has 0 bridgehead atoms. The Labute approximate surface area is 92.6 Å². The van der Waals surface area contributed by atoms with Gasteiger partial charge in [-0.1, -0.05) is 19.3 Å². The molecule has 2 heteroatoms. The van der Waals surface area contributed by atoms with Gasteiger partial charge in [0.15, 0.2) is 0 Å². The van der Waals surface area contributed by atoms with Crippen molar-refractivity contribution < 1.29 is 0 Å². The molecular formula is C12H22ClN. The monoisotopic (exact) mass is 215 g/mol. The van der Waals surface area contributed by atoms with E-state index >= 15 is 0 Å². The molecule has 82 valence electrons. The smallest absolute Gasteiger partial charge is 0.0266 e. The third-order valence-electron chi connectivity index (χ3n) is 4.00. The summed E-state index contributed by atoms with van der Waals surface area (Å²) in [6.07, 6.45) is 9.87. The number of nitrogens with one attached hydrogen (secondary N) is 1. The molecular weight excluding hydrogens is 194 g/mol. The minimum atomic E-state index is 0.730. The van der Waals surface area contributed by atoms with Crippen molar-refractivity contribution in [1.29, 1.82) is 0 Å². The molecule has 0 aliphatic heterocycles. The first-order valence-electron chi connectivity index (χ1n) is 6.19. The molecule has 1 nitrogen and oxygen atoms in total. The second-order valence-electron chi connectivity index (χ2n) is 5.01. The van der Waals surface area contributed by atoms with Crippen molar-refractivity contribution in [2.45, 2.75) is 51.0 Å². The summed E-state index contributed by atoms with van der Waals surface area (Å²) in [6.45, 7) is 1.25. The summed E-state index contributed by atoms with van der Waals surface area (Å²) in [5, 5.41) is 3.74. The summed E-state index contributed by atoms with van der Waals surface area (Å²) < 4.78 is 0. The van der Waals surface area contributed by atoms with Crippen molar-refractivity contribution in [1.82, 2.24) is 5.32 Å². The molecule has 2 atom stereocenters. The topological polar surface area (TPSA) is 12.0 Å². The Morgan fingerprint density at radius 1 is 1.00 bits per heavy atom. The molecule has 0 heterocycles. The van der Waals surface area contributed by atoms with Gasteiger partial charge in [-0.05, 0) is 44.1 Å². The molecule has 2 rings (SSSR count). The maximum absolute atomic E-state index is 5.96. The van der Waals surface area contributed by atoms with Gasteiger partial charge in [0.1, 0.15) is 0 Å². The fourth-order valence-corrected chi connectivity index (χ4v) is 3.39. The minimum Gasteiger partial charge on any atom is -0.313 e. The lowest BCUT2D eigenvalue weighted by Gasteiger charge is -2.21. The van der Waals surface area contributed by atoms with Crippen LogP contribution < -0.4 is 5.32 Å². The van der Waals surface area contributed by atoms with Crippen molar-refractivity contribution >= 4 is 11.6 Å². The Morgan fingerprint density at radius 2 is 1.79 bits per heavy atom. The lowest BCUT2D eigenvalue weighted by atomic mass is 10.0. The highest BCUT2D eigenvalue weighted by atomic mass is 35.5. The number of halogens is 1. The zero-order chi connectivity index (χ0) is 9.80. The van der Waals surface area contributed by atoms with Crippen LogP contribution in [-0.4, -0.2) is 18.5 Å². The Hall–Kier alpha value is 0.250. The van der Waals surface area contributed by atoms with Gasteiger partial charge in [0.05, 0.1) is 0 Å². The second kappa shape index (κ2) is 5.37. The number of alkyl halides is 1. The third-order valence-corrected chi connectivity index (χ3v) is 4.40. The predicted molar refractivity (Wildman–Crippen MR) is 61.8 cm³/mol. The summed E-state index contributed by atoms with van der Waals surface area (Å²) in [5.74, 6) is 2.56. The lowest BCUT2D eigenvalue weighted by Crippen LogP contribution is -2.36. The van der Waals surface area contributed by atoms with Crippen LogP contribution >= 0.6 is 11.6 Å². The molecule has 2 aliphatic rings. The molecule has 0 spiro atoms. The third kappa shape index (κ3) is 2.64. The highest BCUT2D eigenvalue weighted by Gasteiger charge is 2.26. The van der Waals surface area contributed by atoms with Gasteiger partial charge in [0, 0.05) is 11.9 Å². The first-order valence-corrected chi connectivity index (χ1v) is 6.73. The number of rotatable bonds is 4. The molecule has 2 aliphatic carbocycles. The minimum absolute atomic E-state index is 0.730. The van der Waals surface area contributed by atoms with E-state index in [0.717, 1.165) is 23.8 Å². The van der Waals surface area contributed by atoms with Gasteiger partial charge < -0.3 is 5.32 Å². The summed E-state index contributed by atoms with van der Waals surface area (Å²) in [4.78, 5) is 0. The summed E-state index contributed by atoms with van der Waals surface area (Å²) >= 11 is 5.96. The van der Waals surface area contributed by atoms with Crippen molar-refractivity contribution in [2.24, 2.45) is 11.8 Å². The molecule has 0 aromatic carbocycles. The van der Waals surface area contributed by atoms with Gasteiger partial charge in [0.25, 0.3) is 0 Å². The van der Waals surface area contributed by atoms with E-state index in [-0.39, 0.29) is 0 Å². The summed E-state index contributed by atoms with van der Waals surface area (Å²) in [5.41, 5.74) is 0. The molecule has 0 aromatic heterocycles. The maximum atomic E-state index is 5.96. The van der Waals surface area contributed by atoms with E-state index in [0.29, 0.717) is 0 Å². The van der Waals surface area contributed by atoms with Crippen LogP contribution in [0.2, 0.25) is 0 Å². The Morgan fingerprint density at radius 3 is 2.50 bits per heavy atom. The van der Waals surface area contributed by atoms with E-state index in [1.807, 2.05) is 0 Å². The Kier molecular flexibility index (Phi) is 4.12. The van der Waals surface area contributed by atoms with Crippen LogP contribution in [0.25, 0.3) is 0 Å². The zero-order valence-corrected chi connectivity index (χ0v) is 9.73. The largest absolute Gasteiger partial charge is 0.313 e. The van der Waals surface area contributed by atoms with Crippen LogP contribution in [0.1, 0.15) is 44.9 Å². The fraction of sp³-hybridized carbons (Fsp3) is 1.00. The fourth-order valence-electron chi connectivity index (χ4n) is 3.02. The van der Waals surface area contributed by atoms with Crippen LogP contribution in [0.5, 0.6) is 0 Å². The normalized spacial score (nSPS) is 34.1.